The van der Waals surface area contributed by atoms with Crippen molar-refractivity contribution in [2.45, 2.75) is 57.7 Å². The molecule has 0 aromatic heterocycles. The predicted molar refractivity (Wildman–Crippen MR) is 54.7 cm³/mol. The summed E-state index contributed by atoms with van der Waals surface area (Å²) in [6.45, 7) is 2.80. The molecule has 1 N–H and O–H groups in total. The summed E-state index contributed by atoms with van der Waals surface area (Å²) in [6.07, 6.45) is 0.580. The first kappa shape index (κ1) is 12.8. The molecule has 2 unspecified atom stereocenters. The van der Waals surface area contributed by atoms with E-state index in [4.69, 9.17) is 0 Å². The highest BCUT2D eigenvalue weighted by molar-refractivity contribution is 4.85. The van der Waals surface area contributed by atoms with Crippen LogP contribution < -0.4 is 5.32 Å². The highest BCUT2D eigenvalue weighted by Crippen LogP contribution is 2.35. The minimum atomic E-state index is -4.02. The topological polar surface area (TPSA) is 12.0 Å². The van der Waals surface area contributed by atoms with Gasteiger partial charge in [-0.3, -0.25) is 0 Å². The zero-order valence-electron chi connectivity index (χ0n) is 9.24. The first-order chi connectivity index (χ1) is 7.05. The Kier molecular flexibility index (Phi) is 4.90. The van der Waals surface area contributed by atoms with Gasteiger partial charge in [0.25, 0.3) is 0 Å². The van der Waals surface area contributed by atoms with Crippen LogP contribution in [0, 0.1) is 5.92 Å². The molecule has 1 nitrogen and oxygen atoms in total. The molecule has 1 rings (SSSR count). The number of alkyl halides is 3. The zero-order valence-corrected chi connectivity index (χ0v) is 9.24. The Morgan fingerprint density at radius 3 is 2.60 bits per heavy atom. The number of halogens is 3. The second-order valence-corrected chi connectivity index (χ2v) is 4.35. The van der Waals surface area contributed by atoms with E-state index in [0.29, 0.717) is 19.3 Å². The number of hydrogen-bond donors (Lipinski definition) is 1. The van der Waals surface area contributed by atoms with Crippen molar-refractivity contribution in [1.82, 2.24) is 5.32 Å². The number of nitrogens with one attached hydrogen (secondary N) is 1. The van der Waals surface area contributed by atoms with Gasteiger partial charge in [-0.25, -0.2) is 0 Å². The monoisotopic (exact) mass is 223 g/mol. The predicted octanol–water partition coefficient (Wildman–Crippen LogP) is 3.50. The molecule has 0 saturated carbocycles. The van der Waals surface area contributed by atoms with E-state index in [1.165, 1.54) is 0 Å². The highest BCUT2D eigenvalue weighted by Gasteiger charge is 2.44. The molecule has 0 aromatic rings. The van der Waals surface area contributed by atoms with E-state index in [1.807, 2.05) is 0 Å². The van der Waals surface area contributed by atoms with Crippen LogP contribution in [-0.2, 0) is 0 Å². The van der Waals surface area contributed by atoms with Gasteiger partial charge in [0.05, 0.1) is 5.92 Å². The lowest BCUT2D eigenvalue weighted by atomic mass is 9.87. The van der Waals surface area contributed by atoms with E-state index >= 15 is 0 Å². The van der Waals surface area contributed by atoms with Crippen molar-refractivity contribution >= 4 is 0 Å². The van der Waals surface area contributed by atoms with Crippen LogP contribution in [0.4, 0.5) is 13.2 Å². The SMILES string of the molecule is CCCCCC1NCCCC1C(F)(F)F. The minimum absolute atomic E-state index is 0.299. The molecule has 0 amide bonds. The average Bonchev–Trinajstić information content (AvgIpc) is 2.17. The third-order valence-electron chi connectivity index (χ3n) is 3.12. The van der Waals surface area contributed by atoms with E-state index in [-0.39, 0.29) is 6.04 Å². The maximum atomic E-state index is 12.7. The Morgan fingerprint density at radius 1 is 1.27 bits per heavy atom. The maximum absolute atomic E-state index is 12.7. The molecule has 0 radical (unpaired) electrons. The third kappa shape index (κ3) is 4.01. The maximum Gasteiger partial charge on any atom is 0.393 e. The van der Waals surface area contributed by atoms with Gasteiger partial charge < -0.3 is 5.32 Å². The van der Waals surface area contributed by atoms with E-state index in [9.17, 15) is 13.2 Å². The fourth-order valence-electron chi connectivity index (χ4n) is 2.26. The zero-order chi connectivity index (χ0) is 11.3. The van der Waals surface area contributed by atoms with Crippen LogP contribution in [0.25, 0.3) is 0 Å². The molecule has 15 heavy (non-hydrogen) atoms. The normalized spacial score (nSPS) is 28.0. The number of hydrogen-bond acceptors (Lipinski definition) is 1. The molecule has 90 valence electrons. The molecule has 0 aliphatic carbocycles. The Balaban J connectivity index is 2.43. The lowest BCUT2D eigenvalue weighted by molar-refractivity contribution is -0.188. The van der Waals surface area contributed by atoms with Gasteiger partial charge in [-0.15, -0.1) is 0 Å². The molecule has 1 aliphatic rings. The molecule has 1 saturated heterocycles. The fourth-order valence-corrected chi connectivity index (χ4v) is 2.26. The van der Waals surface area contributed by atoms with Crippen molar-refractivity contribution in [2.75, 3.05) is 6.54 Å². The van der Waals surface area contributed by atoms with Crippen LogP contribution in [0.5, 0.6) is 0 Å². The van der Waals surface area contributed by atoms with Crippen LogP contribution in [0.2, 0.25) is 0 Å². The number of unbranched alkanes of at least 4 members (excludes halogenated alkanes) is 2. The minimum Gasteiger partial charge on any atom is -0.313 e. The Morgan fingerprint density at radius 2 is 2.00 bits per heavy atom. The second kappa shape index (κ2) is 5.73. The van der Waals surface area contributed by atoms with Gasteiger partial charge in [-0.2, -0.15) is 13.2 Å². The van der Waals surface area contributed by atoms with Crippen LogP contribution in [-0.4, -0.2) is 18.8 Å². The van der Waals surface area contributed by atoms with E-state index in [2.05, 4.69) is 12.2 Å². The summed E-state index contributed by atoms with van der Waals surface area (Å²) in [7, 11) is 0. The highest BCUT2D eigenvalue weighted by atomic mass is 19.4. The van der Waals surface area contributed by atoms with Gasteiger partial charge in [0, 0.05) is 6.04 Å². The van der Waals surface area contributed by atoms with Gasteiger partial charge in [-0.05, 0) is 25.8 Å². The Labute approximate surface area is 89.4 Å². The van der Waals surface area contributed by atoms with E-state index in [1.54, 1.807) is 0 Å². The quantitative estimate of drug-likeness (QED) is 0.719. The molecule has 1 aliphatic heterocycles. The molecule has 0 bridgehead atoms. The Bertz CT molecular complexity index is 179. The summed E-state index contributed by atoms with van der Waals surface area (Å²) >= 11 is 0. The van der Waals surface area contributed by atoms with Crippen molar-refractivity contribution in [3.05, 3.63) is 0 Å². The second-order valence-electron chi connectivity index (χ2n) is 4.35. The molecule has 1 heterocycles. The summed E-state index contributed by atoms with van der Waals surface area (Å²) in [4.78, 5) is 0. The first-order valence-corrected chi connectivity index (χ1v) is 5.85. The van der Waals surface area contributed by atoms with Gasteiger partial charge in [-0.1, -0.05) is 26.2 Å². The van der Waals surface area contributed by atoms with E-state index in [0.717, 1.165) is 25.8 Å². The van der Waals surface area contributed by atoms with Gasteiger partial charge in [0.2, 0.25) is 0 Å². The van der Waals surface area contributed by atoms with Crippen molar-refractivity contribution in [2.24, 2.45) is 5.92 Å². The van der Waals surface area contributed by atoms with Crippen LogP contribution in [0.15, 0.2) is 0 Å². The van der Waals surface area contributed by atoms with Crippen LogP contribution in [0.1, 0.15) is 45.4 Å². The summed E-state index contributed by atoms with van der Waals surface area (Å²) in [6, 6.07) is -0.342. The van der Waals surface area contributed by atoms with Crippen LogP contribution >= 0.6 is 0 Å². The molecular weight excluding hydrogens is 203 g/mol. The lowest BCUT2D eigenvalue weighted by Gasteiger charge is -2.34. The smallest absolute Gasteiger partial charge is 0.313 e. The van der Waals surface area contributed by atoms with Crippen molar-refractivity contribution in [1.29, 1.82) is 0 Å². The largest absolute Gasteiger partial charge is 0.393 e. The summed E-state index contributed by atoms with van der Waals surface area (Å²) in [5.41, 5.74) is 0. The molecular formula is C11H20F3N. The summed E-state index contributed by atoms with van der Waals surface area (Å²) in [5.74, 6) is -1.12. The fraction of sp³-hybridized carbons (Fsp3) is 1.00. The van der Waals surface area contributed by atoms with Gasteiger partial charge in [0.15, 0.2) is 0 Å². The standard InChI is InChI=1S/C11H20F3N/c1-2-3-4-7-10-9(11(12,13)14)6-5-8-15-10/h9-10,15H,2-8H2,1H3. The molecule has 0 spiro atoms. The van der Waals surface area contributed by atoms with Crippen molar-refractivity contribution in [3.63, 3.8) is 0 Å². The van der Waals surface area contributed by atoms with Crippen molar-refractivity contribution < 1.29 is 13.2 Å². The number of piperidine rings is 1. The molecule has 4 heteroatoms. The van der Waals surface area contributed by atoms with Crippen LogP contribution in [0.3, 0.4) is 0 Å². The molecule has 1 fully saturated rings. The summed E-state index contributed by atoms with van der Waals surface area (Å²) in [5, 5.41) is 3.01. The third-order valence-corrected chi connectivity index (χ3v) is 3.12. The van der Waals surface area contributed by atoms with E-state index < -0.39 is 12.1 Å². The summed E-state index contributed by atoms with van der Waals surface area (Å²) < 4.78 is 38.0. The Hall–Kier alpha value is -0.250. The van der Waals surface area contributed by atoms with Crippen molar-refractivity contribution in [3.8, 4) is 0 Å². The molecule has 0 aromatic carbocycles. The number of rotatable bonds is 4. The van der Waals surface area contributed by atoms with Gasteiger partial charge >= 0.3 is 6.18 Å². The first-order valence-electron chi connectivity index (χ1n) is 5.85. The lowest BCUT2D eigenvalue weighted by Crippen LogP contribution is -2.47. The van der Waals surface area contributed by atoms with Gasteiger partial charge in [0.1, 0.15) is 0 Å². The average molecular weight is 223 g/mol. The molecule has 2 atom stereocenters.